The molecule has 0 saturated heterocycles. The average Bonchev–Trinajstić information content (AvgIpc) is 2.51. The van der Waals surface area contributed by atoms with Gasteiger partial charge in [0, 0.05) is 24.8 Å². The van der Waals surface area contributed by atoms with E-state index in [-0.39, 0.29) is 22.9 Å². The van der Waals surface area contributed by atoms with Crippen molar-refractivity contribution < 1.29 is 19.4 Å². The van der Waals surface area contributed by atoms with E-state index >= 15 is 0 Å². The molecule has 0 spiro atoms. The van der Waals surface area contributed by atoms with Crippen molar-refractivity contribution in [2.75, 3.05) is 0 Å². The van der Waals surface area contributed by atoms with Gasteiger partial charge >= 0.3 is 11.9 Å². The molecule has 0 amide bonds. The number of hydrogen-bond donors (Lipinski definition) is 1. The molecule has 2 saturated carbocycles. The Balaban J connectivity index is 2.45. The Morgan fingerprint density at radius 1 is 1.35 bits per heavy atom. The molecule has 2 aliphatic carbocycles. The summed E-state index contributed by atoms with van der Waals surface area (Å²) in [4.78, 5) is 22.9. The summed E-state index contributed by atoms with van der Waals surface area (Å²) in [7, 11) is 0. The van der Waals surface area contributed by atoms with Crippen LogP contribution >= 0.6 is 0 Å². The van der Waals surface area contributed by atoms with Gasteiger partial charge in [0.15, 0.2) is 0 Å². The maximum absolute atomic E-state index is 11.9. The van der Waals surface area contributed by atoms with Crippen LogP contribution in [-0.4, -0.2) is 23.1 Å². The number of aliphatic carboxylic acids is 1. The summed E-state index contributed by atoms with van der Waals surface area (Å²) in [6, 6.07) is 0. The molecule has 0 aromatic heterocycles. The number of carboxylic acids is 1. The predicted molar refractivity (Wildman–Crippen MR) is 103 cm³/mol. The van der Waals surface area contributed by atoms with Crippen molar-refractivity contribution in [1.82, 2.24) is 0 Å². The molecule has 0 bridgehead atoms. The number of carboxylic acid groups (broad SMARTS) is 1. The van der Waals surface area contributed by atoms with Crippen LogP contribution in [0, 0.1) is 22.7 Å². The summed E-state index contributed by atoms with van der Waals surface area (Å²) >= 11 is 0. The third-order valence-electron chi connectivity index (χ3n) is 7.34. The number of ether oxygens (including phenoxy) is 1. The monoisotopic (exact) mass is 362 g/mol. The van der Waals surface area contributed by atoms with E-state index in [0.29, 0.717) is 18.3 Å². The first-order valence-electron chi connectivity index (χ1n) is 9.77. The van der Waals surface area contributed by atoms with E-state index in [1.165, 1.54) is 18.6 Å². The van der Waals surface area contributed by atoms with Crippen LogP contribution in [0.25, 0.3) is 0 Å². The standard InChI is InChI=1S/C22H34O4/c1-14(13-20(24)25)12-19(26-17(4)23)22(6)16(3)10-11-21(5)15(2)8-7-9-18(21)22/h13,16,18-19H,2,7-12H2,1,3-6H3,(H,24,25)/b14-13+/t16-,18+,19+,21+,22+/m1/s1. The molecule has 1 N–H and O–H groups in total. The highest BCUT2D eigenvalue weighted by atomic mass is 16.5. The number of hydrogen-bond acceptors (Lipinski definition) is 3. The molecular formula is C22H34O4. The SMILES string of the molecule is C=C1CCC[C@@H]2[C@@](C)([C@H](C/C(C)=C/C(=O)O)OC(C)=O)[C@H](C)CC[C@@]12C. The van der Waals surface area contributed by atoms with Crippen LogP contribution in [0.2, 0.25) is 0 Å². The molecule has 0 aliphatic heterocycles. The highest BCUT2D eigenvalue weighted by Crippen LogP contribution is 2.63. The van der Waals surface area contributed by atoms with E-state index in [0.717, 1.165) is 37.7 Å². The lowest BCUT2D eigenvalue weighted by molar-refractivity contribution is -0.172. The molecule has 4 nitrogen and oxygen atoms in total. The maximum atomic E-state index is 11.9. The predicted octanol–water partition coefficient (Wildman–Crippen LogP) is 5.14. The van der Waals surface area contributed by atoms with E-state index in [9.17, 15) is 9.59 Å². The first-order chi connectivity index (χ1) is 12.0. The minimum absolute atomic E-state index is 0.0718. The third-order valence-corrected chi connectivity index (χ3v) is 7.34. The second kappa shape index (κ2) is 7.58. The Kier molecular flexibility index (Phi) is 6.04. The molecule has 2 fully saturated rings. The van der Waals surface area contributed by atoms with Crippen LogP contribution in [0.15, 0.2) is 23.8 Å². The number of rotatable bonds is 5. The summed E-state index contributed by atoms with van der Waals surface area (Å²) < 4.78 is 5.84. The van der Waals surface area contributed by atoms with Gasteiger partial charge in [-0.15, -0.1) is 0 Å². The zero-order chi connectivity index (χ0) is 19.7. The number of carbonyl (C=O) groups excluding carboxylic acids is 1. The number of fused-ring (bicyclic) bond motifs is 1. The van der Waals surface area contributed by atoms with E-state index < -0.39 is 5.97 Å². The van der Waals surface area contributed by atoms with Gasteiger partial charge in [-0.25, -0.2) is 4.79 Å². The number of esters is 1. The zero-order valence-corrected chi connectivity index (χ0v) is 16.9. The minimum Gasteiger partial charge on any atom is -0.478 e. The van der Waals surface area contributed by atoms with Crippen molar-refractivity contribution >= 4 is 11.9 Å². The second-order valence-corrected chi connectivity index (χ2v) is 8.90. The highest BCUT2D eigenvalue weighted by molar-refractivity contribution is 5.80. The molecular weight excluding hydrogens is 328 g/mol. The van der Waals surface area contributed by atoms with Crippen molar-refractivity contribution in [1.29, 1.82) is 0 Å². The smallest absolute Gasteiger partial charge is 0.328 e. The topological polar surface area (TPSA) is 63.6 Å². The van der Waals surface area contributed by atoms with Gasteiger partial charge in [0.2, 0.25) is 0 Å². The molecule has 4 heteroatoms. The molecule has 26 heavy (non-hydrogen) atoms. The molecule has 146 valence electrons. The van der Waals surface area contributed by atoms with Crippen LogP contribution in [0.5, 0.6) is 0 Å². The Labute approximate surface area is 157 Å². The molecule has 0 unspecified atom stereocenters. The quantitative estimate of drug-likeness (QED) is 0.418. The van der Waals surface area contributed by atoms with Gasteiger partial charge in [0.05, 0.1) is 0 Å². The lowest BCUT2D eigenvalue weighted by atomic mass is 9.45. The maximum Gasteiger partial charge on any atom is 0.328 e. The van der Waals surface area contributed by atoms with Gasteiger partial charge in [0.1, 0.15) is 6.10 Å². The van der Waals surface area contributed by atoms with Gasteiger partial charge in [-0.2, -0.15) is 0 Å². The normalized spacial score (nSPS) is 36.2. The summed E-state index contributed by atoms with van der Waals surface area (Å²) in [5, 5.41) is 9.07. The van der Waals surface area contributed by atoms with Gasteiger partial charge in [0.25, 0.3) is 0 Å². The average molecular weight is 363 g/mol. The van der Waals surface area contributed by atoms with Crippen molar-refractivity contribution in [2.45, 2.75) is 79.2 Å². The van der Waals surface area contributed by atoms with Crippen molar-refractivity contribution in [3.63, 3.8) is 0 Å². The second-order valence-electron chi connectivity index (χ2n) is 8.90. The molecule has 0 radical (unpaired) electrons. The Hall–Kier alpha value is -1.58. The van der Waals surface area contributed by atoms with E-state index in [2.05, 4.69) is 27.4 Å². The van der Waals surface area contributed by atoms with Gasteiger partial charge in [-0.3, -0.25) is 4.79 Å². The van der Waals surface area contributed by atoms with E-state index in [1.54, 1.807) is 6.92 Å². The van der Waals surface area contributed by atoms with Crippen LogP contribution < -0.4 is 0 Å². The molecule has 5 atom stereocenters. The Morgan fingerprint density at radius 2 is 2.00 bits per heavy atom. The van der Waals surface area contributed by atoms with Crippen LogP contribution in [0.1, 0.15) is 73.1 Å². The van der Waals surface area contributed by atoms with E-state index in [1.807, 2.05) is 0 Å². The molecule has 0 aromatic rings. The zero-order valence-electron chi connectivity index (χ0n) is 16.9. The molecule has 0 heterocycles. The fourth-order valence-electron chi connectivity index (χ4n) is 5.58. The fraction of sp³-hybridized carbons (Fsp3) is 0.727. The van der Waals surface area contributed by atoms with Crippen LogP contribution in [-0.2, 0) is 14.3 Å². The highest BCUT2D eigenvalue weighted by Gasteiger charge is 2.57. The minimum atomic E-state index is -0.957. The fourth-order valence-corrected chi connectivity index (χ4v) is 5.58. The lowest BCUT2D eigenvalue weighted by Gasteiger charge is -2.60. The first-order valence-corrected chi connectivity index (χ1v) is 9.77. The molecule has 2 aliphatic rings. The molecule has 2 rings (SSSR count). The Bertz CT molecular complexity index is 620. The van der Waals surface area contributed by atoms with Crippen molar-refractivity contribution in [3.05, 3.63) is 23.8 Å². The van der Waals surface area contributed by atoms with Gasteiger partial charge in [-0.1, -0.05) is 38.5 Å². The number of carbonyl (C=O) groups is 2. The largest absolute Gasteiger partial charge is 0.478 e. The van der Waals surface area contributed by atoms with Crippen molar-refractivity contribution in [2.24, 2.45) is 22.7 Å². The third kappa shape index (κ3) is 3.74. The summed E-state index contributed by atoms with van der Waals surface area (Å²) in [6.45, 7) is 14.5. The van der Waals surface area contributed by atoms with Crippen molar-refractivity contribution in [3.8, 4) is 0 Å². The van der Waals surface area contributed by atoms with Crippen LogP contribution in [0.4, 0.5) is 0 Å². The first kappa shape index (κ1) is 20.7. The molecule has 0 aromatic carbocycles. The summed E-state index contributed by atoms with van der Waals surface area (Å²) in [5.41, 5.74) is 1.93. The van der Waals surface area contributed by atoms with Gasteiger partial charge < -0.3 is 9.84 Å². The number of allylic oxidation sites excluding steroid dienone is 1. The Morgan fingerprint density at radius 3 is 2.58 bits per heavy atom. The lowest BCUT2D eigenvalue weighted by Crippen LogP contribution is -2.56. The summed E-state index contributed by atoms with van der Waals surface area (Å²) in [5.74, 6) is -0.467. The van der Waals surface area contributed by atoms with Gasteiger partial charge in [-0.05, 0) is 56.3 Å². The summed E-state index contributed by atoms with van der Waals surface area (Å²) in [6.07, 6.45) is 6.88. The van der Waals surface area contributed by atoms with E-state index in [4.69, 9.17) is 9.84 Å². The van der Waals surface area contributed by atoms with Crippen LogP contribution in [0.3, 0.4) is 0 Å².